The second kappa shape index (κ2) is 8.73. The summed E-state index contributed by atoms with van der Waals surface area (Å²) in [4.78, 5) is 12.2. The number of aryl methyl sites for hydroxylation is 1. The number of rotatable bonds is 7. The summed E-state index contributed by atoms with van der Waals surface area (Å²) in [7, 11) is 1.64. The van der Waals surface area contributed by atoms with Crippen molar-refractivity contribution >= 4 is 5.82 Å². The largest absolute Gasteiger partial charge is 0.496 e. The van der Waals surface area contributed by atoms with Crippen LogP contribution in [0.1, 0.15) is 59.9 Å². The molecule has 3 atom stereocenters. The number of benzene rings is 1. The second-order valence-electron chi connectivity index (χ2n) is 8.92. The number of aliphatic hydroxyl groups is 1. The van der Waals surface area contributed by atoms with Crippen molar-refractivity contribution in [3.63, 3.8) is 0 Å². The summed E-state index contributed by atoms with van der Waals surface area (Å²) in [6.07, 6.45) is 5.80. The van der Waals surface area contributed by atoms with Crippen LogP contribution in [0.5, 0.6) is 5.75 Å². The molecule has 2 bridgehead atoms. The Morgan fingerprint density at radius 1 is 1.26 bits per heavy atom. The number of ether oxygens (including phenoxy) is 2. The first-order valence-corrected chi connectivity index (χ1v) is 11.4. The first kappa shape index (κ1) is 20.7. The molecule has 2 aromatic rings. The third kappa shape index (κ3) is 4.02. The minimum atomic E-state index is -0.0167. The van der Waals surface area contributed by atoms with Gasteiger partial charge in [-0.1, -0.05) is 6.07 Å². The first-order chi connectivity index (χ1) is 15.2. The Balaban J connectivity index is 1.40. The highest BCUT2D eigenvalue weighted by Crippen LogP contribution is 2.46. The van der Waals surface area contributed by atoms with Crippen LogP contribution >= 0.6 is 0 Å². The number of anilines is 1. The summed E-state index contributed by atoms with van der Waals surface area (Å²) >= 11 is 0. The van der Waals surface area contributed by atoms with Gasteiger partial charge in [0.2, 0.25) is 0 Å². The van der Waals surface area contributed by atoms with Gasteiger partial charge in [-0.25, -0.2) is 9.97 Å². The van der Waals surface area contributed by atoms with E-state index >= 15 is 0 Å². The van der Waals surface area contributed by atoms with Crippen LogP contribution in [-0.2, 0) is 24.3 Å². The third-order valence-corrected chi connectivity index (χ3v) is 6.94. The van der Waals surface area contributed by atoms with Gasteiger partial charge in [0.1, 0.15) is 17.4 Å². The lowest BCUT2D eigenvalue weighted by Crippen LogP contribution is -2.38. The van der Waals surface area contributed by atoms with Crippen molar-refractivity contribution in [1.82, 2.24) is 14.9 Å². The van der Waals surface area contributed by atoms with Crippen molar-refractivity contribution in [3.05, 3.63) is 46.4 Å². The molecule has 1 aromatic carbocycles. The van der Waals surface area contributed by atoms with E-state index in [1.54, 1.807) is 7.11 Å². The van der Waals surface area contributed by atoms with E-state index in [2.05, 4.69) is 22.3 Å². The molecule has 0 unspecified atom stereocenters. The number of nitrogens with one attached hydrogen (secondary N) is 1. The second-order valence-corrected chi connectivity index (χ2v) is 8.92. The highest BCUT2D eigenvalue weighted by molar-refractivity contribution is 5.51. The number of fused-ring (bicyclic) bond motifs is 4. The topological polar surface area (TPSA) is 79.7 Å². The van der Waals surface area contributed by atoms with E-state index in [-0.39, 0.29) is 12.7 Å². The van der Waals surface area contributed by atoms with Crippen LogP contribution in [0.15, 0.2) is 18.2 Å². The van der Waals surface area contributed by atoms with E-state index in [1.165, 1.54) is 23.2 Å². The van der Waals surface area contributed by atoms with E-state index in [0.717, 1.165) is 68.3 Å². The van der Waals surface area contributed by atoms with E-state index in [1.807, 2.05) is 13.0 Å². The molecule has 7 heteroatoms. The van der Waals surface area contributed by atoms with Gasteiger partial charge in [-0.05, 0) is 50.3 Å². The monoisotopic (exact) mass is 424 g/mol. The number of aromatic nitrogens is 2. The molecule has 3 aliphatic rings. The van der Waals surface area contributed by atoms with Crippen LogP contribution in [-0.4, -0.2) is 52.4 Å². The lowest BCUT2D eigenvalue weighted by molar-refractivity contribution is 0.120. The van der Waals surface area contributed by atoms with Crippen LogP contribution in [0, 0.1) is 6.92 Å². The molecule has 3 aliphatic heterocycles. The summed E-state index contributed by atoms with van der Waals surface area (Å²) in [5.74, 6) is 2.56. The van der Waals surface area contributed by atoms with Gasteiger partial charge in [-0.3, -0.25) is 4.90 Å². The van der Waals surface area contributed by atoms with Crippen LogP contribution in [0.2, 0.25) is 0 Å². The van der Waals surface area contributed by atoms with E-state index in [4.69, 9.17) is 19.4 Å². The Morgan fingerprint density at radius 3 is 2.94 bits per heavy atom. The lowest BCUT2D eigenvalue weighted by Gasteiger charge is -2.37. The minimum absolute atomic E-state index is 0.0167. The van der Waals surface area contributed by atoms with Crippen LogP contribution in [0.4, 0.5) is 5.82 Å². The first-order valence-electron chi connectivity index (χ1n) is 11.4. The molecule has 166 valence electrons. The fourth-order valence-electron chi connectivity index (χ4n) is 5.49. The third-order valence-electron chi connectivity index (χ3n) is 6.94. The molecule has 0 aliphatic carbocycles. The number of nitrogens with zero attached hydrogens (tertiary/aromatic N) is 3. The number of hydrogen-bond acceptors (Lipinski definition) is 7. The fraction of sp³-hybridized carbons (Fsp3) is 0.583. The predicted molar refractivity (Wildman–Crippen MR) is 118 cm³/mol. The van der Waals surface area contributed by atoms with Gasteiger partial charge in [-0.15, -0.1) is 0 Å². The standard InChI is InChI=1S/C24H32N4O3/c1-15-26-20-11-18-6-7-21(23(20)24(27-15)25-12-19-4-3-9-31-19)28(18)13-16-5-8-22(30-2)17(10-16)14-29/h5,8,10,18-19,21,29H,3-4,6-7,9,11-14H2,1-2H3,(H,25,26,27)/t18-,19-,21+/m0/s1. The zero-order valence-electron chi connectivity index (χ0n) is 18.4. The maximum Gasteiger partial charge on any atom is 0.134 e. The van der Waals surface area contributed by atoms with Crippen LogP contribution < -0.4 is 10.1 Å². The molecule has 0 radical (unpaired) electrons. The molecule has 0 amide bonds. The average Bonchev–Trinajstić information content (AvgIpc) is 3.38. The fourth-order valence-corrected chi connectivity index (χ4v) is 5.49. The molecule has 0 spiro atoms. The maximum absolute atomic E-state index is 9.71. The summed E-state index contributed by atoms with van der Waals surface area (Å²) in [6, 6.07) is 6.95. The van der Waals surface area contributed by atoms with Crippen molar-refractivity contribution < 1.29 is 14.6 Å². The van der Waals surface area contributed by atoms with Gasteiger partial charge in [0, 0.05) is 49.3 Å². The Labute approximate surface area is 183 Å². The zero-order valence-corrected chi connectivity index (χ0v) is 18.4. The van der Waals surface area contributed by atoms with Gasteiger partial charge >= 0.3 is 0 Å². The highest BCUT2D eigenvalue weighted by Gasteiger charge is 2.42. The Morgan fingerprint density at radius 2 is 2.16 bits per heavy atom. The van der Waals surface area contributed by atoms with Crippen LogP contribution in [0.25, 0.3) is 0 Å². The lowest BCUT2D eigenvalue weighted by atomic mass is 9.96. The Bertz CT molecular complexity index is 945. The van der Waals surface area contributed by atoms with E-state index in [0.29, 0.717) is 12.1 Å². The molecule has 2 N–H and O–H groups in total. The molecule has 4 heterocycles. The Kier molecular flexibility index (Phi) is 5.82. The predicted octanol–water partition coefficient (Wildman–Crippen LogP) is 3.14. The molecular formula is C24H32N4O3. The number of methoxy groups -OCH3 is 1. The number of aliphatic hydroxyl groups excluding tert-OH is 1. The Hall–Kier alpha value is -2.22. The molecule has 5 rings (SSSR count). The highest BCUT2D eigenvalue weighted by atomic mass is 16.5. The van der Waals surface area contributed by atoms with E-state index < -0.39 is 0 Å². The molecule has 2 saturated heterocycles. The summed E-state index contributed by atoms with van der Waals surface area (Å²) in [6.45, 7) is 4.49. The van der Waals surface area contributed by atoms with Crippen molar-refractivity contribution in [2.75, 3.05) is 25.6 Å². The quantitative estimate of drug-likeness (QED) is 0.707. The van der Waals surface area contributed by atoms with Gasteiger partial charge in [-0.2, -0.15) is 0 Å². The van der Waals surface area contributed by atoms with Gasteiger partial charge < -0.3 is 19.9 Å². The van der Waals surface area contributed by atoms with Gasteiger partial charge in [0.05, 0.1) is 25.5 Å². The summed E-state index contributed by atoms with van der Waals surface area (Å²) in [5.41, 5.74) is 4.51. The molecule has 1 aromatic heterocycles. The smallest absolute Gasteiger partial charge is 0.134 e. The number of hydrogen-bond donors (Lipinski definition) is 2. The van der Waals surface area contributed by atoms with Crippen molar-refractivity contribution in [1.29, 1.82) is 0 Å². The minimum Gasteiger partial charge on any atom is -0.496 e. The summed E-state index contributed by atoms with van der Waals surface area (Å²) < 4.78 is 11.2. The molecule has 0 saturated carbocycles. The van der Waals surface area contributed by atoms with Gasteiger partial charge in [0.25, 0.3) is 0 Å². The average molecular weight is 425 g/mol. The van der Waals surface area contributed by atoms with Crippen LogP contribution in [0.3, 0.4) is 0 Å². The normalized spacial score (nSPS) is 24.9. The molecule has 7 nitrogen and oxygen atoms in total. The molecule has 2 fully saturated rings. The molecule has 31 heavy (non-hydrogen) atoms. The van der Waals surface area contributed by atoms with Gasteiger partial charge in [0.15, 0.2) is 0 Å². The molecular weight excluding hydrogens is 392 g/mol. The maximum atomic E-state index is 9.71. The van der Waals surface area contributed by atoms with E-state index in [9.17, 15) is 5.11 Å². The SMILES string of the molecule is COc1ccc(CN2[C@H]3CC[C@@H]2c2c(nc(C)nc2NC[C@@H]2CCCO2)C3)cc1CO. The van der Waals surface area contributed by atoms with Crippen molar-refractivity contribution in [2.45, 2.75) is 70.4 Å². The van der Waals surface area contributed by atoms with Crippen molar-refractivity contribution in [2.24, 2.45) is 0 Å². The zero-order chi connectivity index (χ0) is 21.4. The summed E-state index contributed by atoms with van der Waals surface area (Å²) in [5, 5.41) is 13.3. The van der Waals surface area contributed by atoms with Crippen molar-refractivity contribution in [3.8, 4) is 5.75 Å².